The first-order valence-corrected chi connectivity index (χ1v) is 14.9. The molecule has 0 saturated carbocycles. The van der Waals surface area contributed by atoms with E-state index < -0.39 is 56.9 Å². The van der Waals surface area contributed by atoms with Crippen molar-refractivity contribution in [3.8, 4) is 0 Å². The molecule has 0 aliphatic carbocycles. The van der Waals surface area contributed by atoms with Crippen molar-refractivity contribution < 1.29 is 31.2 Å². The molecule has 0 heterocycles. The lowest BCUT2D eigenvalue weighted by atomic mass is 10.1. The Kier molecular flexibility index (Phi) is 10.3. The first kappa shape index (κ1) is 32.9. The van der Waals surface area contributed by atoms with Gasteiger partial charge in [0, 0.05) is 12.6 Å². The minimum Gasteiger partial charge on any atom is -0.352 e. The molecule has 0 aliphatic heterocycles. The van der Waals surface area contributed by atoms with E-state index >= 15 is 0 Å². The molecule has 12 heteroatoms. The first-order chi connectivity index (χ1) is 19.5. The van der Waals surface area contributed by atoms with E-state index in [4.69, 9.17) is 11.6 Å². The highest BCUT2D eigenvalue weighted by Crippen LogP contribution is 2.38. The maximum absolute atomic E-state index is 13.9. The fourth-order valence-corrected chi connectivity index (χ4v) is 5.88. The summed E-state index contributed by atoms with van der Waals surface area (Å²) in [5.74, 6) is -1.26. The number of sulfonamides is 1. The van der Waals surface area contributed by atoms with Crippen molar-refractivity contribution in [3.63, 3.8) is 0 Å². The SMILES string of the molecule is Cc1ccc(S(=O)(=O)N(CC(=O)N(Cc2cccc(C)c2)[C@@H](C)C(=O)NC(C)C)c2ccc(Cl)c(C(F)(F)F)c2)cc1. The van der Waals surface area contributed by atoms with Gasteiger partial charge in [0.05, 0.1) is 21.2 Å². The Labute approximate surface area is 249 Å². The van der Waals surface area contributed by atoms with E-state index in [2.05, 4.69) is 5.32 Å². The number of carbonyl (C=O) groups excluding carboxylic acids is 2. The van der Waals surface area contributed by atoms with E-state index in [9.17, 15) is 31.2 Å². The molecule has 0 spiro atoms. The number of hydrogen-bond donors (Lipinski definition) is 1. The summed E-state index contributed by atoms with van der Waals surface area (Å²) in [6, 6.07) is 14.3. The van der Waals surface area contributed by atoms with Gasteiger partial charge in [-0.05, 0) is 70.5 Å². The number of anilines is 1. The Balaban J connectivity index is 2.13. The zero-order valence-corrected chi connectivity index (χ0v) is 25.4. The van der Waals surface area contributed by atoms with Crippen LogP contribution in [0.25, 0.3) is 0 Å². The number of alkyl halides is 3. The highest BCUT2D eigenvalue weighted by Gasteiger charge is 2.37. The van der Waals surface area contributed by atoms with Crippen LogP contribution in [0.3, 0.4) is 0 Å². The van der Waals surface area contributed by atoms with Crippen LogP contribution in [-0.2, 0) is 32.3 Å². The van der Waals surface area contributed by atoms with E-state index in [1.807, 2.05) is 19.1 Å². The van der Waals surface area contributed by atoms with Crippen LogP contribution >= 0.6 is 11.6 Å². The summed E-state index contributed by atoms with van der Waals surface area (Å²) in [4.78, 5) is 27.9. The number of carbonyl (C=O) groups is 2. The quantitative estimate of drug-likeness (QED) is 0.295. The molecule has 2 amide bonds. The van der Waals surface area contributed by atoms with Gasteiger partial charge in [-0.25, -0.2) is 8.42 Å². The van der Waals surface area contributed by atoms with Gasteiger partial charge < -0.3 is 10.2 Å². The lowest BCUT2D eigenvalue weighted by Crippen LogP contribution is -2.52. The molecule has 3 aromatic rings. The average molecular weight is 624 g/mol. The van der Waals surface area contributed by atoms with Crippen molar-refractivity contribution in [1.82, 2.24) is 10.2 Å². The van der Waals surface area contributed by atoms with Gasteiger partial charge in [0.25, 0.3) is 10.0 Å². The standard InChI is InChI=1S/C30H33ClF3N3O4S/c1-19(2)35-29(39)22(5)36(17-23-8-6-7-21(4)15-23)28(38)18-37(42(40,41)25-12-9-20(3)10-13-25)24-11-14-27(31)26(16-24)30(32,33)34/h6-16,19,22H,17-18H2,1-5H3,(H,35,39)/t22-/m0/s1. The van der Waals surface area contributed by atoms with Crippen molar-refractivity contribution in [2.24, 2.45) is 0 Å². The van der Waals surface area contributed by atoms with E-state index in [0.717, 1.165) is 23.3 Å². The first-order valence-electron chi connectivity index (χ1n) is 13.1. The van der Waals surface area contributed by atoms with Gasteiger partial charge in [-0.3, -0.25) is 13.9 Å². The summed E-state index contributed by atoms with van der Waals surface area (Å²) in [5.41, 5.74) is 0.696. The number of nitrogens with one attached hydrogen (secondary N) is 1. The highest BCUT2D eigenvalue weighted by atomic mass is 35.5. The van der Waals surface area contributed by atoms with Crippen LogP contribution in [0.2, 0.25) is 5.02 Å². The topological polar surface area (TPSA) is 86.8 Å². The van der Waals surface area contributed by atoms with E-state index in [0.29, 0.717) is 15.9 Å². The van der Waals surface area contributed by atoms with E-state index in [-0.39, 0.29) is 17.5 Å². The molecule has 42 heavy (non-hydrogen) atoms. The number of aryl methyl sites for hydroxylation is 2. The molecule has 0 aliphatic rings. The number of hydrogen-bond acceptors (Lipinski definition) is 4. The Morgan fingerprint density at radius 1 is 0.929 bits per heavy atom. The van der Waals surface area contributed by atoms with Crippen LogP contribution < -0.4 is 9.62 Å². The fraction of sp³-hybridized carbons (Fsp3) is 0.333. The van der Waals surface area contributed by atoms with Gasteiger partial charge in [-0.15, -0.1) is 0 Å². The molecule has 226 valence electrons. The molecule has 0 radical (unpaired) electrons. The van der Waals surface area contributed by atoms with Crippen LogP contribution in [0.1, 0.15) is 43.0 Å². The summed E-state index contributed by atoms with van der Waals surface area (Å²) in [6.07, 6.45) is -4.88. The molecule has 1 atom stereocenters. The van der Waals surface area contributed by atoms with Gasteiger partial charge in [-0.1, -0.05) is 59.1 Å². The molecule has 0 bridgehead atoms. The van der Waals surface area contributed by atoms with E-state index in [1.54, 1.807) is 32.9 Å². The molecule has 0 saturated heterocycles. The van der Waals surface area contributed by atoms with Crippen LogP contribution in [-0.4, -0.2) is 43.8 Å². The fourth-order valence-electron chi connectivity index (χ4n) is 4.25. The normalized spacial score (nSPS) is 12.6. The van der Waals surface area contributed by atoms with Crippen LogP contribution in [0.4, 0.5) is 18.9 Å². The van der Waals surface area contributed by atoms with Crippen LogP contribution in [0.15, 0.2) is 71.6 Å². The Morgan fingerprint density at radius 2 is 1.57 bits per heavy atom. The third-order valence-electron chi connectivity index (χ3n) is 6.46. The molecular weight excluding hydrogens is 591 g/mol. The Morgan fingerprint density at radius 3 is 2.14 bits per heavy atom. The van der Waals surface area contributed by atoms with Crippen LogP contribution in [0.5, 0.6) is 0 Å². The molecule has 3 rings (SSSR count). The predicted octanol–water partition coefficient (Wildman–Crippen LogP) is 6.11. The minimum atomic E-state index is -4.88. The summed E-state index contributed by atoms with van der Waals surface area (Å²) in [6.45, 7) is 7.71. The number of halogens is 4. The summed E-state index contributed by atoms with van der Waals surface area (Å²) >= 11 is 5.80. The molecule has 3 aromatic carbocycles. The van der Waals surface area contributed by atoms with Gasteiger partial charge in [0.1, 0.15) is 12.6 Å². The monoisotopic (exact) mass is 623 g/mol. The predicted molar refractivity (Wildman–Crippen MR) is 157 cm³/mol. The van der Waals surface area contributed by atoms with Crippen molar-refractivity contribution in [1.29, 1.82) is 0 Å². The van der Waals surface area contributed by atoms with E-state index in [1.165, 1.54) is 36.1 Å². The lowest BCUT2D eigenvalue weighted by Gasteiger charge is -2.32. The molecule has 0 unspecified atom stereocenters. The third kappa shape index (κ3) is 8.04. The van der Waals surface area contributed by atoms with Crippen molar-refractivity contribution in [2.45, 2.75) is 64.3 Å². The van der Waals surface area contributed by atoms with Crippen LogP contribution in [0, 0.1) is 13.8 Å². The smallest absolute Gasteiger partial charge is 0.352 e. The molecule has 0 aromatic heterocycles. The summed E-state index contributed by atoms with van der Waals surface area (Å²) in [7, 11) is -4.54. The second-order valence-electron chi connectivity index (χ2n) is 10.3. The summed E-state index contributed by atoms with van der Waals surface area (Å²) < 4.78 is 69.6. The number of nitrogens with zero attached hydrogens (tertiary/aromatic N) is 2. The third-order valence-corrected chi connectivity index (χ3v) is 8.58. The lowest BCUT2D eigenvalue weighted by molar-refractivity contribution is -0.139. The van der Waals surface area contributed by atoms with Crippen molar-refractivity contribution in [3.05, 3.63) is 94.0 Å². The number of amides is 2. The van der Waals surface area contributed by atoms with Gasteiger partial charge >= 0.3 is 6.18 Å². The van der Waals surface area contributed by atoms with Gasteiger partial charge in [0.2, 0.25) is 11.8 Å². The van der Waals surface area contributed by atoms with Crippen molar-refractivity contribution >= 4 is 39.1 Å². The number of benzene rings is 3. The molecule has 7 nitrogen and oxygen atoms in total. The second kappa shape index (κ2) is 13.2. The average Bonchev–Trinajstić information content (AvgIpc) is 2.89. The highest BCUT2D eigenvalue weighted by molar-refractivity contribution is 7.92. The maximum atomic E-state index is 13.9. The molecule has 1 N–H and O–H groups in total. The second-order valence-corrected chi connectivity index (χ2v) is 12.6. The number of rotatable bonds is 10. The Bertz CT molecular complexity index is 1540. The molecular formula is C30H33ClF3N3O4S. The minimum absolute atomic E-state index is 0.0416. The largest absolute Gasteiger partial charge is 0.417 e. The zero-order valence-electron chi connectivity index (χ0n) is 23.9. The zero-order chi connectivity index (χ0) is 31.4. The van der Waals surface area contributed by atoms with Gasteiger partial charge in [0.15, 0.2) is 0 Å². The Hall–Kier alpha value is -3.57. The van der Waals surface area contributed by atoms with Crippen molar-refractivity contribution in [2.75, 3.05) is 10.8 Å². The summed E-state index contributed by atoms with van der Waals surface area (Å²) in [5, 5.41) is 2.13. The maximum Gasteiger partial charge on any atom is 0.417 e. The van der Waals surface area contributed by atoms with Gasteiger partial charge in [-0.2, -0.15) is 13.2 Å². The molecule has 0 fully saturated rings.